The first-order valence-corrected chi connectivity index (χ1v) is 8.18. The SMILES string of the molecule is CCc1sc(Nc2ccccc2F)nc1-c1ccc(OC)cc1. The number of halogens is 1. The molecule has 0 atom stereocenters. The summed E-state index contributed by atoms with van der Waals surface area (Å²) in [5, 5.41) is 3.76. The molecule has 118 valence electrons. The summed E-state index contributed by atoms with van der Waals surface area (Å²) in [6.07, 6.45) is 0.873. The van der Waals surface area contributed by atoms with Gasteiger partial charge in [0.1, 0.15) is 11.6 Å². The number of benzene rings is 2. The van der Waals surface area contributed by atoms with Crippen LogP contribution in [0.3, 0.4) is 0 Å². The van der Waals surface area contributed by atoms with E-state index in [0.717, 1.165) is 28.3 Å². The number of ether oxygens (including phenoxy) is 1. The maximum absolute atomic E-state index is 13.8. The Morgan fingerprint density at radius 2 is 1.87 bits per heavy atom. The lowest BCUT2D eigenvalue weighted by atomic mass is 10.1. The highest BCUT2D eigenvalue weighted by Gasteiger charge is 2.13. The molecule has 5 heteroatoms. The Balaban J connectivity index is 1.92. The van der Waals surface area contributed by atoms with Gasteiger partial charge in [0.25, 0.3) is 0 Å². The number of aryl methyl sites for hydroxylation is 1. The molecule has 0 aliphatic carbocycles. The van der Waals surface area contributed by atoms with Crippen LogP contribution in [0.5, 0.6) is 5.75 Å². The van der Waals surface area contributed by atoms with Gasteiger partial charge in [-0.2, -0.15) is 0 Å². The van der Waals surface area contributed by atoms with E-state index in [-0.39, 0.29) is 5.82 Å². The number of anilines is 2. The minimum atomic E-state index is -0.285. The normalized spacial score (nSPS) is 10.6. The molecule has 3 nitrogen and oxygen atoms in total. The Labute approximate surface area is 138 Å². The van der Waals surface area contributed by atoms with Gasteiger partial charge in [0.05, 0.1) is 18.5 Å². The van der Waals surface area contributed by atoms with Gasteiger partial charge in [-0.3, -0.25) is 0 Å². The molecule has 2 aromatic carbocycles. The second kappa shape index (κ2) is 6.79. The zero-order chi connectivity index (χ0) is 16.2. The van der Waals surface area contributed by atoms with Crippen molar-refractivity contribution in [1.82, 2.24) is 4.98 Å². The molecule has 0 aliphatic rings. The van der Waals surface area contributed by atoms with Crippen molar-refractivity contribution in [3.05, 3.63) is 59.2 Å². The molecule has 0 radical (unpaired) electrons. The van der Waals surface area contributed by atoms with E-state index < -0.39 is 0 Å². The molecule has 0 unspecified atom stereocenters. The van der Waals surface area contributed by atoms with Crippen LogP contribution in [-0.4, -0.2) is 12.1 Å². The van der Waals surface area contributed by atoms with Gasteiger partial charge < -0.3 is 10.1 Å². The van der Waals surface area contributed by atoms with E-state index in [2.05, 4.69) is 17.2 Å². The van der Waals surface area contributed by atoms with Gasteiger partial charge in [0.15, 0.2) is 5.13 Å². The molecule has 1 aromatic heterocycles. The van der Waals surface area contributed by atoms with Crippen LogP contribution in [0.25, 0.3) is 11.3 Å². The summed E-state index contributed by atoms with van der Waals surface area (Å²) in [6, 6.07) is 14.4. The largest absolute Gasteiger partial charge is 0.497 e. The predicted molar refractivity (Wildman–Crippen MR) is 93.2 cm³/mol. The third-order valence-electron chi connectivity index (χ3n) is 3.50. The molecule has 0 amide bonds. The van der Waals surface area contributed by atoms with Crippen LogP contribution >= 0.6 is 11.3 Å². The molecule has 3 rings (SSSR count). The summed E-state index contributed by atoms with van der Waals surface area (Å²) >= 11 is 1.55. The molecule has 0 spiro atoms. The van der Waals surface area contributed by atoms with Crippen molar-refractivity contribution in [2.24, 2.45) is 0 Å². The number of nitrogens with one attached hydrogen (secondary N) is 1. The van der Waals surface area contributed by atoms with Crippen LogP contribution in [0.4, 0.5) is 15.2 Å². The van der Waals surface area contributed by atoms with Crippen molar-refractivity contribution in [1.29, 1.82) is 0 Å². The molecular formula is C18H17FN2OS. The molecule has 23 heavy (non-hydrogen) atoms. The highest BCUT2D eigenvalue weighted by atomic mass is 32.1. The number of hydrogen-bond acceptors (Lipinski definition) is 4. The van der Waals surface area contributed by atoms with Crippen LogP contribution in [0.1, 0.15) is 11.8 Å². The zero-order valence-corrected chi connectivity index (χ0v) is 13.8. The van der Waals surface area contributed by atoms with Crippen molar-refractivity contribution in [3.8, 4) is 17.0 Å². The van der Waals surface area contributed by atoms with Crippen LogP contribution in [0.2, 0.25) is 0 Å². The van der Waals surface area contributed by atoms with Gasteiger partial charge in [0.2, 0.25) is 0 Å². The Hall–Kier alpha value is -2.40. The first-order valence-electron chi connectivity index (χ1n) is 7.37. The second-order valence-electron chi connectivity index (χ2n) is 4.98. The number of aromatic nitrogens is 1. The van der Waals surface area contributed by atoms with E-state index in [1.165, 1.54) is 6.07 Å². The lowest BCUT2D eigenvalue weighted by Gasteiger charge is -2.03. The van der Waals surface area contributed by atoms with Crippen LogP contribution < -0.4 is 10.1 Å². The number of para-hydroxylation sites is 1. The van der Waals surface area contributed by atoms with E-state index in [1.807, 2.05) is 24.3 Å². The van der Waals surface area contributed by atoms with Crippen molar-refractivity contribution in [3.63, 3.8) is 0 Å². The van der Waals surface area contributed by atoms with Gasteiger partial charge in [-0.25, -0.2) is 9.37 Å². The van der Waals surface area contributed by atoms with Gasteiger partial charge in [-0.15, -0.1) is 11.3 Å². The lowest BCUT2D eigenvalue weighted by Crippen LogP contribution is -1.92. The van der Waals surface area contributed by atoms with Gasteiger partial charge >= 0.3 is 0 Å². The van der Waals surface area contributed by atoms with Gasteiger partial charge in [-0.05, 0) is 42.8 Å². The third-order valence-corrected chi connectivity index (χ3v) is 4.61. The first kappa shape index (κ1) is 15.5. The number of rotatable bonds is 5. The van der Waals surface area contributed by atoms with E-state index in [1.54, 1.807) is 36.6 Å². The Morgan fingerprint density at radius 3 is 2.52 bits per heavy atom. The number of methoxy groups -OCH3 is 1. The van der Waals surface area contributed by atoms with Crippen molar-refractivity contribution in [2.75, 3.05) is 12.4 Å². The highest BCUT2D eigenvalue weighted by Crippen LogP contribution is 2.34. The summed E-state index contributed by atoms with van der Waals surface area (Å²) in [4.78, 5) is 5.80. The first-order chi connectivity index (χ1) is 11.2. The van der Waals surface area contributed by atoms with E-state index in [4.69, 9.17) is 4.74 Å². The van der Waals surface area contributed by atoms with Crippen LogP contribution in [-0.2, 0) is 6.42 Å². The Kier molecular flexibility index (Phi) is 4.57. The van der Waals surface area contributed by atoms with Crippen LogP contribution in [0, 0.1) is 5.82 Å². The second-order valence-corrected chi connectivity index (χ2v) is 6.06. The quantitative estimate of drug-likeness (QED) is 0.693. The molecule has 0 saturated carbocycles. The Morgan fingerprint density at radius 1 is 1.13 bits per heavy atom. The van der Waals surface area contributed by atoms with Crippen molar-refractivity contribution < 1.29 is 9.13 Å². The fourth-order valence-electron chi connectivity index (χ4n) is 2.30. The molecule has 1 N–H and O–H groups in total. The van der Waals surface area contributed by atoms with E-state index in [9.17, 15) is 4.39 Å². The topological polar surface area (TPSA) is 34.2 Å². The minimum absolute atomic E-state index is 0.285. The Bertz CT molecular complexity index is 799. The standard InChI is InChI=1S/C18H17FN2OS/c1-3-16-17(12-8-10-13(22-2)11-9-12)21-18(23-16)20-15-7-5-4-6-14(15)19/h4-11H,3H2,1-2H3,(H,20,21). The molecule has 1 heterocycles. The molecule has 0 saturated heterocycles. The minimum Gasteiger partial charge on any atom is -0.497 e. The lowest BCUT2D eigenvalue weighted by molar-refractivity contribution is 0.415. The fraction of sp³-hybridized carbons (Fsp3) is 0.167. The summed E-state index contributed by atoms with van der Waals surface area (Å²) in [5.41, 5.74) is 2.39. The van der Waals surface area contributed by atoms with Gasteiger partial charge in [0, 0.05) is 10.4 Å². The summed E-state index contributed by atoms with van der Waals surface area (Å²) in [7, 11) is 1.64. The average Bonchev–Trinajstić information content (AvgIpc) is 3.00. The smallest absolute Gasteiger partial charge is 0.188 e. The maximum Gasteiger partial charge on any atom is 0.188 e. The number of nitrogens with zero attached hydrogens (tertiary/aromatic N) is 1. The molecule has 0 fully saturated rings. The molecule has 3 aromatic rings. The summed E-state index contributed by atoms with van der Waals surface area (Å²) in [6.45, 7) is 2.09. The van der Waals surface area contributed by atoms with Crippen LogP contribution in [0.15, 0.2) is 48.5 Å². The zero-order valence-electron chi connectivity index (χ0n) is 13.0. The van der Waals surface area contributed by atoms with E-state index in [0.29, 0.717) is 10.8 Å². The van der Waals surface area contributed by atoms with Gasteiger partial charge in [-0.1, -0.05) is 19.1 Å². The molecule has 0 bridgehead atoms. The third kappa shape index (κ3) is 3.35. The summed E-state index contributed by atoms with van der Waals surface area (Å²) < 4.78 is 19.0. The average molecular weight is 328 g/mol. The van der Waals surface area contributed by atoms with Crippen molar-refractivity contribution in [2.45, 2.75) is 13.3 Å². The molecule has 0 aliphatic heterocycles. The highest BCUT2D eigenvalue weighted by molar-refractivity contribution is 7.16. The maximum atomic E-state index is 13.8. The number of thiazole rings is 1. The fourth-order valence-corrected chi connectivity index (χ4v) is 3.23. The summed E-state index contributed by atoms with van der Waals surface area (Å²) in [5.74, 6) is 0.526. The van der Waals surface area contributed by atoms with Crippen molar-refractivity contribution >= 4 is 22.2 Å². The monoisotopic (exact) mass is 328 g/mol. The number of hydrogen-bond donors (Lipinski definition) is 1. The van der Waals surface area contributed by atoms with E-state index >= 15 is 0 Å². The predicted octanol–water partition coefficient (Wildman–Crippen LogP) is 5.26. The molecular weight excluding hydrogens is 311 g/mol.